The van der Waals surface area contributed by atoms with Gasteiger partial charge in [0.25, 0.3) is 5.91 Å². The molecule has 6 heteroatoms. The molecule has 0 unspecified atom stereocenters. The maximum absolute atomic E-state index is 12.6. The fraction of sp³-hybridized carbons (Fsp3) is 0.450. The van der Waals surface area contributed by atoms with Gasteiger partial charge in [-0.3, -0.25) is 14.7 Å². The second-order valence-corrected chi connectivity index (χ2v) is 7.38. The van der Waals surface area contributed by atoms with Crippen LogP contribution in [0.3, 0.4) is 0 Å². The van der Waals surface area contributed by atoms with E-state index in [0.717, 1.165) is 32.5 Å². The van der Waals surface area contributed by atoms with Crippen LogP contribution in [-0.4, -0.2) is 64.5 Å². The Kier molecular flexibility index (Phi) is 4.59. The van der Waals surface area contributed by atoms with Crippen LogP contribution in [0.5, 0.6) is 5.88 Å². The van der Waals surface area contributed by atoms with Crippen molar-refractivity contribution in [2.75, 3.05) is 33.3 Å². The molecule has 2 aromatic rings. The zero-order valence-electron chi connectivity index (χ0n) is 15.0. The highest BCUT2D eigenvalue weighted by Gasteiger charge is 2.51. The number of carbonyl (C=O) groups excluding carboxylic acids is 1. The van der Waals surface area contributed by atoms with Crippen LogP contribution in [0.15, 0.2) is 48.9 Å². The lowest BCUT2D eigenvalue weighted by atomic mass is 9.75. The van der Waals surface area contributed by atoms with E-state index < -0.39 is 0 Å². The number of aromatic nitrogens is 2. The van der Waals surface area contributed by atoms with E-state index in [-0.39, 0.29) is 11.4 Å². The van der Waals surface area contributed by atoms with Gasteiger partial charge in [-0.25, -0.2) is 4.98 Å². The molecular formula is C20H24N4O2. The van der Waals surface area contributed by atoms with Crippen LogP contribution in [0.1, 0.15) is 23.2 Å². The molecule has 2 aliphatic heterocycles. The summed E-state index contributed by atoms with van der Waals surface area (Å²) < 4.78 is 5.87. The third kappa shape index (κ3) is 3.29. The number of pyridine rings is 2. The zero-order valence-corrected chi connectivity index (χ0v) is 15.0. The highest BCUT2D eigenvalue weighted by molar-refractivity contribution is 5.94. The van der Waals surface area contributed by atoms with Crippen LogP contribution < -0.4 is 4.74 Å². The van der Waals surface area contributed by atoms with Crippen LogP contribution in [0.4, 0.5) is 0 Å². The Morgan fingerprint density at radius 2 is 2.04 bits per heavy atom. The van der Waals surface area contributed by atoms with Crippen LogP contribution in [0, 0.1) is 5.92 Å². The Labute approximate surface area is 153 Å². The molecule has 0 radical (unpaired) electrons. The van der Waals surface area contributed by atoms with E-state index in [2.05, 4.69) is 21.9 Å². The summed E-state index contributed by atoms with van der Waals surface area (Å²) in [6, 6.07) is 9.28. The largest absolute Gasteiger partial charge is 0.477 e. The van der Waals surface area contributed by atoms with E-state index in [4.69, 9.17) is 4.74 Å². The lowest BCUT2D eigenvalue weighted by Crippen LogP contribution is -2.72. The molecule has 4 rings (SSSR count). The maximum Gasteiger partial charge on any atom is 0.254 e. The molecule has 1 spiro atoms. The second kappa shape index (κ2) is 7.03. The van der Waals surface area contributed by atoms with Gasteiger partial charge in [0.15, 0.2) is 0 Å². The molecule has 2 aliphatic rings. The van der Waals surface area contributed by atoms with Gasteiger partial charge < -0.3 is 9.64 Å². The van der Waals surface area contributed by atoms with Crippen molar-refractivity contribution in [3.63, 3.8) is 0 Å². The lowest BCUT2D eigenvalue weighted by molar-refractivity contribution is -0.0695. The number of ether oxygens (including phenoxy) is 1. The van der Waals surface area contributed by atoms with E-state index in [1.807, 2.05) is 23.1 Å². The SMILES string of the molecule is CN1CC[C@H](COc2ccccn2)CC12CN(C(=O)c1ccncc1)C2. The molecule has 2 fully saturated rings. The molecular weight excluding hydrogens is 328 g/mol. The molecule has 0 bridgehead atoms. The van der Waals surface area contributed by atoms with Gasteiger partial charge in [0, 0.05) is 43.3 Å². The molecule has 2 saturated heterocycles. The third-order valence-electron chi connectivity index (χ3n) is 5.64. The lowest BCUT2D eigenvalue weighted by Gasteiger charge is -2.58. The van der Waals surface area contributed by atoms with E-state index >= 15 is 0 Å². The Bertz CT molecular complexity index is 747. The summed E-state index contributed by atoms with van der Waals surface area (Å²) in [5.41, 5.74) is 0.794. The summed E-state index contributed by atoms with van der Waals surface area (Å²) in [5.74, 6) is 1.27. The number of likely N-dealkylation sites (N-methyl/N-ethyl adjacent to an activating group) is 1. The van der Waals surface area contributed by atoms with Crippen molar-refractivity contribution < 1.29 is 9.53 Å². The minimum Gasteiger partial charge on any atom is -0.477 e. The molecule has 4 heterocycles. The summed E-state index contributed by atoms with van der Waals surface area (Å²) in [6.07, 6.45) is 7.25. The number of carbonyl (C=O) groups is 1. The number of piperidine rings is 1. The predicted octanol–water partition coefficient (Wildman–Crippen LogP) is 2.09. The van der Waals surface area contributed by atoms with Gasteiger partial charge in [-0.05, 0) is 50.6 Å². The molecule has 26 heavy (non-hydrogen) atoms. The minimum absolute atomic E-state index is 0.0824. The van der Waals surface area contributed by atoms with Gasteiger partial charge in [0.1, 0.15) is 0 Å². The second-order valence-electron chi connectivity index (χ2n) is 7.38. The van der Waals surface area contributed by atoms with Gasteiger partial charge >= 0.3 is 0 Å². The van der Waals surface area contributed by atoms with Crippen molar-refractivity contribution in [2.45, 2.75) is 18.4 Å². The van der Waals surface area contributed by atoms with Gasteiger partial charge in [-0.1, -0.05) is 6.07 Å². The zero-order chi connectivity index (χ0) is 18.0. The fourth-order valence-electron chi connectivity index (χ4n) is 4.04. The Morgan fingerprint density at radius 1 is 1.23 bits per heavy atom. The number of hydrogen-bond acceptors (Lipinski definition) is 5. The summed E-state index contributed by atoms with van der Waals surface area (Å²) in [4.78, 5) is 25.2. The summed E-state index contributed by atoms with van der Waals surface area (Å²) in [5, 5.41) is 0. The number of likely N-dealkylation sites (tertiary alicyclic amines) is 2. The quantitative estimate of drug-likeness (QED) is 0.843. The summed E-state index contributed by atoms with van der Waals surface area (Å²) in [6.45, 7) is 3.29. The van der Waals surface area contributed by atoms with Crippen molar-refractivity contribution in [3.8, 4) is 5.88 Å². The monoisotopic (exact) mass is 352 g/mol. The van der Waals surface area contributed by atoms with Crippen LogP contribution in [0.25, 0.3) is 0 Å². The summed E-state index contributed by atoms with van der Waals surface area (Å²) in [7, 11) is 2.17. The molecule has 1 amide bonds. The third-order valence-corrected chi connectivity index (χ3v) is 5.64. The first kappa shape index (κ1) is 17.0. The van der Waals surface area contributed by atoms with Crippen molar-refractivity contribution in [1.82, 2.24) is 19.8 Å². The topological polar surface area (TPSA) is 58.6 Å². The van der Waals surface area contributed by atoms with E-state index in [1.165, 1.54) is 0 Å². The van der Waals surface area contributed by atoms with Gasteiger partial charge in [-0.15, -0.1) is 0 Å². The van der Waals surface area contributed by atoms with E-state index in [0.29, 0.717) is 24.0 Å². The minimum atomic E-state index is 0.0824. The van der Waals surface area contributed by atoms with Gasteiger partial charge in [-0.2, -0.15) is 0 Å². The molecule has 2 aromatic heterocycles. The van der Waals surface area contributed by atoms with E-state index in [1.54, 1.807) is 30.7 Å². The molecule has 6 nitrogen and oxygen atoms in total. The van der Waals surface area contributed by atoms with E-state index in [9.17, 15) is 4.79 Å². The average Bonchev–Trinajstić information content (AvgIpc) is 2.67. The first-order valence-electron chi connectivity index (χ1n) is 9.11. The van der Waals surface area contributed by atoms with Crippen molar-refractivity contribution >= 4 is 5.91 Å². The standard InChI is InChI=1S/C20H24N4O2/c1-23-11-7-16(13-26-18-4-2-3-8-22-18)12-20(23)14-24(15-20)19(25)17-5-9-21-10-6-17/h2-6,8-10,16H,7,11-15H2,1H3/t16-/m0/s1. The summed E-state index contributed by atoms with van der Waals surface area (Å²) >= 11 is 0. The molecule has 136 valence electrons. The predicted molar refractivity (Wildman–Crippen MR) is 98.0 cm³/mol. The Morgan fingerprint density at radius 3 is 2.77 bits per heavy atom. The van der Waals surface area contributed by atoms with Crippen LogP contribution in [0.2, 0.25) is 0 Å². The molecule has 0 aromatic carbocycles. The highest BCUT2D eigenvalue weighted by atomic mass is 16.5. The first-order chi connectivity index (χ1) is 12.7. The van der Waals surface area contributed by atoms with Crippen molar-refractivity contribution in [2.24, 2.45) is 5.92 Å². The maximum atomic E-state index is 12.6. The molecule has 0 aliphatic carbocycles. The average molecular weight is 352 g/mol. The van der Waals surface area contributed by atoms with Crippen molar-refractivity contribution in [1.29, 1.82) is 0 Å². The van der Waals surface area contributed by atoms with Crippen molar-refractivity contribution in [3.05, 3.63) is 54.5 Å². The first-order valence-corrected chi connectivity index (χ1v) is 9.11. The fourth-order valence-corrected chi connectivity index (χ4v) is 4.04. The molecule has 0 N–H and O–H groups in total. The Balaban J connectivity index is 1.35. The van der Waals surface area contributed by atoms with Crippen LogP contribution >= 0.6 is 0 Å². The number of nitrogens with zero attached hydrogens (tertiary/aromatic N) is 4. The number of rotatable bonds is 4. The highest BCUT2D eigenvalue weighted by Crippen LogP contribution is 2.38. The molecule has 0 saturated carbocycles. The van der Waals surface area contributed by atoms with Crippen LogP contribution in [-0.2, 0) is 0 Å². The number of amides is 1. The smallest absolute Gasteiger partial charge is 0.254 e. The molecule has 1 atom stereocenters. The van der Waals surface area contributed by atoms with Gasteiger partial charge in [0.2, 0.25) is 5.88 Å². The Hall–Kier alpha value is -2.47. The van der Waals surface area contributed by atoms with Gasteiger partial charge in [0.05, 0.1) is 12.1 Å². The number of hydrogen-bond donors (Lipinski definition) is 0. The normalized spacial score (nSPS) is 22.0.